The second-order valence-electron chi connectivity index (χ2n) is 9.67. The molecule has 1 aromatic rings. The highest BCUT2D eigenvalue weighted by molar-refractivity contribution is 5.79. The van der Waals surface area contributed by atoms with Crippen molar-refractivity contribution in [3.8, 4) is 0 Å². The van der Waals surface area contributed by atoms with Crippen molar-refractivity contribution in [2.24, 2.45) is 5.92 Å². The molecule has 0 spiro atoms. The topological polar surface area (TPSA) is 15.3 Å². The van der Waals surface area contributed by atoms with Crippen molar-refractivity contribution in [1.29, 1.82) is 0 Å². The number of hydrogen-bond acceptors (Lipinski definition) is 2. The SMILES string of the molecule is C=CC1=C(NC)CCC(N(C(=C)c2ccc(C3=C(C4CC4)CCC=C3)cc2)C2CC2)C1. The van der Waals surface area contributed by atoms with E-state index >= 15 is 0 Å². The third-order valence-electron chi connectivity index (χ3n) is 7.57. The van der Waals surface area contributed by atoms with Gasteiger partial charge in [0.15, 0.2) is 0 Å². The first kappa shape index (κ1) is 20.4. The van der Waals surface area contributed by atoms with Gasteiger partial charge in [-0.2, -0.15) is 0 Å². The zero-order valence-electron chi connectivity index (χ0n) is 19.0. The highest BCUT2D eigenvalue weighted by Crippen LogP contribution is 2.45. The Labute approximate surface area is 188 Å². The molecule has 4 aliphatic carbocycles. The summed E-state index contributed by atoms with van der Waals surface area (Å²) in [5.74, 6) is 0.848. The maximum atomic E-state index is 4.59. The maximum Gasteiger partial charge on any atom is 0.0371 e. The van der Waals surface area contributed by atoms with Crippen LogP contribution >= 0.6 is 0 Å². The first-order valence-corrected chi connectivity index (χ1v) is 12.2. The van der Waals surface area contributed by atoms with E-state index in [0.29, 0.717) is 12.1 Å². The Bertz CT molecular complexity index is 951. The Morgan fingerprint density at radius 3 is 2.45 bits per heavy atom. The molecule has 2 saturated carbocycles. The summed E-state index contributed by atoms with van der Waals surface area (Å²) in [7, 11) is 2.03. The van der Waals surface area contributed by atoms with Gasteiger partial charge in [0, 0.05) is 30.5 Å². The average Bonchev–Trinajstić information content (AvgIpc) is 3.73. The Morgan fingerprint density at radius 1 is 1.03 bits per heavy atom. The first-order valence-electron chi connectivity index (χ1n) is 12.2. The molecule has 0 heterocycles. The summed E-state index contributed by atoms with van der Waals surface area (Å²) in [6.07, 6.45) is 17.9. The van der Waals surface area contributed by atoms with Gasteiger partial charge in [0.2, 0.25) is 0 Å². The van der Waals surface area contributed by atoms with Gasteiger partial charge in [-0.05, 0) is 86.0 Å². The molecule has 0 amide bonds. The number of benzene rings is 1. The van der Waals surface area contributed by atoms with Gasteiger partial charge in [-0.1, -0.05) is 61.2 Å². The number of hydrogen-bond donors (Lipinski definition) is 1. The summed E-state index contributed by atoms with van der Waals surface area (Å²) in [4.78, 5) is 2.64. The molecule has 1 aromatic carbocycles. The zero-order valence-corrected chi connectivity index (χ0v) is 19.0. The number of nitrogens with zero attached hydrogens (tertiary/aromatic N) is 1. The second-order valence-corrected chi connectivity index (χ2v) is 9.67. The lowest BCUT2D eigenvalue weighted by atomic mass is 9.88. The molecule has 0 aliphatic heterocycles. The quantitative estimate of drug-likeness (QED) is 0.502. The fourth-order valence-electron chi connectivity index (χ4n) is 5.58. The molecular formula is C29H36N2. The predicted octanol–water partition coefficient (Wildman–Crippen LogP) is 6.85. The third kappa shape index (κ3) is 4.18. The smallest absolute Gasteiger partial charge is 0.0371 e. The summed E-state index contributed by atoms with van der Waals surface area (Å²) in [5, 5.41) is 3.38. The van der Waals surface area contributed by atoms with Crippen molar-refractivity contribution in [3.05, 3.63) is 83.6 Å². The monoisotopic (exact) mass is 412 g/mol. The van der Waals surface area contributed by atoms with Crippen LogP contribution < -0.4 is 5.32 Å². The molecule has 5 rings (SSSR count). The molecule has 0 bridgehead atoms. The van der Waals surface area contributed by atoms with E-state index < -0.39 is 0 Å². The van der Waals surface area contributed by atoms with Gasteiger partial charge in [0.25, 0.3) is 0 Å². The Balaban J connectivity index is 1.37. The van der Waals surface area contributed by atoms with Gasteiger partial charge in [0.1, 0.15) is 0 Å². The number of nitrogens with one attached hydrogen (secondary N) is 1. The van der Waals surface area contributed by atoms with Gasteiger partial charge < -0.3 is 10.2 Å². The molecule has 1 unspecified atom stereocenters. The van der Waals surface area contributed by atoms with Gasteiger partial charge in [-0.25, -0.2) is 0 Å². The molecule has 31 heavy (non-hydrogen) atoms. The Hall–Kier alpha value is -2.48. The van der Waals surface area contributed by atoms with E-state index in [-0.39, 0.29) is 0 Å². The van der Waals surface area contributed by atoms with E-state index in [1.54, 1.807) is 5.57 Å². The summed E-state index contributed by atoms with van der Waals surface area (Å²) in [6, 6.07) is 10.4. The van der Waals surface area contributed by atoms with Crippen LogP contribution in [0.2, 0.25) is 0 Å². The fraction of sp³-hybridized carbons (Fsp3) is 0.448. The van der Waals surface area contributed by atoms with Crippen LogP contribution in [0.25, 0.3) is 11.3 Å². The average molecular weight is 413 g/mol. The van der Waals surface area contributed by atoms with Crippen LogP contribution in [0.1, 0.15) is 68.9 Å². The Kier molecular flexibility index (Phi) is 5.65. The molecule has 4 aliphatic rings. The highest BCUT2D eigenvalue weighted by atomic mass is 15.2. The lowest BCUT2D eigenvalue weighted by molar-refractivity contribution is 0.259. The molecule has 0 aromatic heterocycles. The van der Waals surface area contributed by atoms with Crippen molar-refractivity contribution in [3.63, 3.8) is 0 Å². The molecular weight excluding hydrogens is 376 g/mol. The lowest BCUT2D eigenvalue weighted by Crippen LogP contribution is -2.38. The van der Waals surface area contributed by atoms with Crippen molar-refractivity contribution < 1.29 is 0 Å². The van der Waals surface area contributed by atoms with E-state index in [9.17, 15) is 0 Å². The minimum absolute atomic E-state index is 0.523. The van der Waals surface area contributed by atoms with Crippen LogP contribution in [-0.2, 0) is 0 Å². The maximum absolute atomic E-state index is 4.59. The minimum Gasteiger partial charge on any atom is -0.391 e. The standard InChI is InChI=1S/C29H36N2/c1-4-21-19-26(17-18-29(21)30-3)31(25-15-16-25)20(2)22-9-11-23(12-10-22)27-7-5-6-8-28(27)24-13-14-24/h4-5,7,9-12,24-26,30H,1-2,6,8,13-19H2,3H3. The molecule has 1 atom stereocenters. The van der Waals surface area contributed by atoms with Gasteiger partial charge in [-0.15, -0.1) is 0 Å². The molecule has 2 heteroatoms. The minimum atomic E-state index is 0.523. The van der Waals surface area contributed by atoms with Crippen LogP contribution in [0.15, 0.2) is 72.5 Å². The normalized spacial score (nSPS) is 23.7. The van der Waals surface area contributed by atoms with Crippen molar-refractivity contribution in [2.45, 2.75) is 69.9 Å². The van der Waals surface area contributed by atoms with Crippen LogP contribution in [0.5, 0.6) is 0 Å². The fourth-order valence-corrected chi connectivity index (χ4v) is 5.58. The van der Waals surface area contributed by atoms with E-state index in [0.717, 1.165) is 18.8 Å². The molecule has 1 N–H and O–H groups in total. The van der Waals surface area contributed by atoms with Gasteiger partial charge in [-0.3, -0.25) is 0 Å². The molecule has 2 nitrogen and oxygen atoms in total. The van der Waals surface area contributed by atoms with Gasteiger partial charge >= 0.3 is 0 Å². The summed E-state index contributed by atoms with van der Waals surface area (Å²) in [5.41, 5.74) is 9.75. The molecule has 162 valence electrons. The molecule has 0 radical (unpaired) electrons. The van der Waals surface area contributed by atoms with E-state index in [1.165, 1.54) is 78.6 Å². The zero-order chi connectivity index (χ0) is 21.4. The molecule has 0 saturated heterocycles. The van der Waals surface area contributed by atoms with Crippen molar-refractivity contribution in [1.82, 2.24) is 10.2 Å². The Morgan fingerprint density at radius 2 is 1.81 bits per heavy atom. The second kappa shape index (κ2) is 8.57. The van der Waals surface area contributed by atoms with E-state index in [4.69, 9.17) is 0 Å². The van der Waals surface area contributed by atoms with Crippen molar-refractivity contribution in [2.75, 3.05) is 7.05 Å². The predicted molar refractivity (Wildman–Crippen MR) is 132 cm³/mol. The van der Waals surface area contributed by atoms with Crippen LogP contribution in [0.3, 0.4) is 0 Å². The van der Waals surface area contributed by atoms with E-state index in [1.807, 2.05) is 13.1 Å². The van der Waals surface area contributed by atoms with Crippen LogP contribution in [0, 0.1) is 5.92 Å². The number of allylic oxidation sites excluding steroid dienone is 6. The van der Waals surface area contributed by atoms with Crippen LogP contribution in [0.4, 0.5) is 0 Å². The summed E-state index contributed by atoms with van der Waals surface area (Å²) < 4.78 is 0. The summed E-state index contributed by atoms with van der Waals surface area (Å²) >= 11 is 0. The lowest BCUT2D eigenvalue weighted by Gasteiger charge is -2.39. The first-order chi connectivity index (χ1) is 15.2. The third-order valence-corrected chi connectivity index (χ3v) is 7.57. The largest absolute Gasteiger partial charge is 0.391 e. The highest BCUT2D eigenvalue weighted by Gasteiger charge is 2.36. The molecule has 2 fully saturated rings. The van der Waals surface area contributed by atoms with E-state index in [2.05, 4.69) is 59.8 Å². The summed E-state index contributed by atoms with van der Waals surface area (Å²) in [6.45, 7) is 8.66. The van der Waals surface area contributed by atoms with Gasteiger partial charge in [0.05, 0.1) is 0 Å². The number of rotatable bonds is 8. The van der Waals surface area contributed by atoms with Crippen molar-refractivity contribution >= 4 is 11.3 Å². The van der Waals surface area contributed by atoms with Crippen LogP contribution in [-0.4, -0.2) is 24.0 Å².